The predicted octanol–water partition coefficient (Wildman–Crippen LogP) is 2.26. The minimum Gasteiger partial charge on any atom is -0.493 e. The van der Waals surface area contributed by atoms with Gasteiger partial charge in [-0.3, -0.25) is 4.68 Å². The van der Waals surface area contributed by atoms with E-state index in [4.69, 9.17) is 4.74 Å². The smallest absolute Gasteiger partial charge is 0.159 e. The maximum Gasteiger partial charge on any atom is 0.159 e. The van der Waals surface area contributed by atoms with Crippen molar-refractivity contribution in [3.05, 3.63) is 11.9 Å². The third-order valence-corrected chi connectivity index (χ3v) is 2.66. The lowest BCUT2D eigenvalue weighted by atomic mass is 10.2. The van der Waals surface area contributed by atoms with Gasteiger partial charge in [0.1, 0.15) is 0 Å². The van der Waals surface area contributed by atoms with Crippen molar-refractivity contribution in [2.24, 2.45) is 5.92 Å². The topological polar surface area (TPSA) is 39.1 Å². The molecule has 1 heterocycles. The molecular formula is C13H25N3O. The monoisotopic (exact) mass is 239 g/mol. The highest BCUT2D eigenvalue weighted by Gasteiger charge is 2.12. The number of methoxy groups -OCH3 is 1. The molecule has 0 aliphatic carbocycles. The van der Waals surface area contributed by atoms with Crippen LogP contribution in [0.15, 0.2) is 6.20 Å². The van der Waals surface area contributed by atoms with E-state index in [0.717, 1.165) is 25.3 Å². The molecule has 0 aromatic carbocycles. The fourth-order valence-corrected chi connectivity index (χ4v) is 1.82. The lowest BCUT2D eigenvalue weighted by molar-refractivity contribution is 0.402. The van der Waals surface area contributed by atoms with E-state index in [9.17, 15) is 0 Å². The second kappa shape index (κ2) is 6.64. The van der Waals surface area contributed by atoms with E-state index in [1.807, 2.05) is 4.68 Å². The van der Waals surface area contributed by atoms with Crippen molar-refractivity contribution < 1.29 is 4.74 Å². The number of nitrogens with one attached hydrogen (secondary N) is 1. The zero-order valence-corrected chi connectivity index (χ0v) is 11.7. The second-order valence-corrected chi connectivity index (χ2v) is 5.05. The molecule has 1 aromatic heterocycles. The Morgan fingerprint density at radius 2 is 2.06 bits per heavy atom. The van der Waals surface area contributed by atoms with E-state index in [-0.39, 0.29) is 0 Å². The summed E-state index contributed by atoms with van der Waals surface area (Å²) < 4.78 is 7.38. The second-order valence-electron chi connectivity index (χ2n) is 5.05. The van der Waals surface area contributed by atoms with Crippen molar-refractivity contribution in [2.75, 3.05) is 20.2 Å². The Labute approximate surface area is 104 Å². The molecule has 4 nitrogen and oxygen atoms in total. The van der Waals surface area contributed by atoms with Crippen LogP contribution in [0.4, 0.5) is 0 Å². The van der Waals surface area contributed by atoms with Gasteiger partial charge in [-0.05, 0) is 26.3 Å². The molecule has 0 radical (unpaired) electrons. The molecule has 0 aliphatic heterocycles. The van der Waals surface area contributed by atoms with Crippen LogP contribution < -0.4 is 10.1 Å². The lowest BCUT2D eigenvalue weighted by Crippen LogP contribution is -2.23. The molecule has 1 rings (SSSR count). The van der Waals surface area contributed by atoms with Crippen LogP contribution in [0.5, 0.6) is 5.75 Å². The van der Waals surface area contributed by atoms with Crippen LogP contribution in [0.1, 0.15) is 39.4 Å². The van der Waals surface area contributed by atoms with E-state index in [2.05, 4.69) is 38.1 Å². The van der Waals surface area contributed by atoms with Crippen molar-refractivity contribution >= 4 is 0 Å². The Morgan fingerprint density at radius 3 is 2.59 bits per heavy atom. The number of nitrogens with zero attached hydrogens (tertiary/aromatic N) is 2. The first-order valence-corrected chi connectivity index (χ1v) is 6.37. The average Bonchev–Trinajstić information content (AvgIpc) is 2.67. The first-order valence-electron chi connectivity index (χ1n) is 6.37. The number of ether oxygens (including phenoxy) is 1. The standard InChI is InChI=1S/C13H25N3O/c1-10(2)8-14-7-6-12-13(17-5)9-15-16(12)11(3)4/h9-11,14H,6-8H2,1-5H3. The molecule has 0 amide bonds. The van der Waals surface area contributed by atoms with Crippen LogP contribution in [0.2, 0.25) is 0 Å². The van der Waals surface area contributed by atoms with E-state index in [1.54, 1.807) is 13.3 Å². The minimum atomic E-state index is 0.374. The molecule has 17 heavy (non-hydrogen) atoms. The molecule has 0 bridgehead atoms. The molecule has 0 fully saturated rings. The van der Waals surface area contributed by atoms with Gasteiger partial charge in [-0.1, -0.05) is 13.8 Å². The zero-order valence-electron chi connectivity index (χ0n) is 11.7. The summed E-state index contributed by atoms with van der Waals surface area (Å²) in [6.45, 7) is 10.7. The first-order chi connectivity index (χ1) is 8.06. The summed E-state index contributed by atoms with van der Waals surface area (Å²) >= 11 is 0. The van der Waals surface area contributed by atoms with Gasteiger partial charge in [-0.25, -0.2) is 0 Å². The van der Waals surface area contributed by atoms with Gasteiger partial charge in [0.2, 0.25) is 0 Å². The van der Waals surface area contributed by atoms with E-state index in [1.165, 1.54) is 5.69 Å². The van der Waals surface area contributed by atoms with Crippen LogP contribution in [-0.2, 0) is 6.42 Å². The van der Waals surface area contributed by atoms with E-state index >= 15 is 0 Å². The Kier molecular flexibility index (Phi) is 5.48. The van der Waals surface area contributed by atoms with Gasteiger partial charge >= 0.3 is 0 Å². The molecule has 0 unspecified atom stereocenters. The number of hydrogen-bond acceptors (Lipinski definition) is 3. The number of hydrogen-bond donors (Lipinski definition) is 1. The molecule has 0 saturated carbocycles. The quantitative estimate of drug-likeness (QED) is 0.742. The molecule has 0 atom stereocenters. The maximum atomic E-state index is 5.34. The molecule has 0 saturated heterocycles. The van der Waals surface area contributed by atoms with Crippen LogP contribution in [0, 0.1) is 5.92 Å². The van der Waals surface area contributed by atoms with Crippen molar-refractivity contribution in [3.8, 4) is 5.75 Å². The molecule has 0 spiro atoms. The predicted molar refractivity (Wildman–Crippen MR) is 70.6 cm³/mol. The fraction of sp³-hybridized carbons (Fsp3) is 0.769. The Hall–Kier alpha value is -1.03. The third-order valence-electron chi connectivity index (χ3n) is 2.66. The Bertz CT molecular complexity index is 331. The molecule has 1 aromatic rings. The molecular weight excluding hydrogens is 214 g/mol. The van der Waals surface area contributed by atoms with E-state index in [0.29, 0.717) is 12.0 Å². The van der Waals surface area contributed by atoms with Gasteiger partial charge in [0, 0.05) is 19.0 Å². The van der Waals surface area contributed by atoms with Gasteiger partial charge in [0.05, 0.1) is 19.0 Å². The summed E-state index contributed by atoms with van der Waals surface area (Å²) in [7, 11) is 1.70. The highest BCUT2D eigenvalue weighted by molar-refractivity contribution is 5.25. The van der Waals surface area contributed by atoms with Gasteiger partial charge in [-0.15, -0.1) is 0 Å². The summed E-state index contributed by atoms with van der Waals surface area (Å²) in [5.41, 5.74) is 1.18. The number of aromatic nitrogens is 2. The van der Waals surface area contributed by atoms with Crippen LogP contribution in [0.3, 0.4) is 0 Å². The summed E-state index contributed by atoms with van der Waals surface area (Å²) in [5.74, 6) is 1.58. The summed E-state index contributed by atoms with van der Waals surface area (Å²) in [5, 5.41) is 7.81. The summed E-state index contributed by atoms with van der Waals surface area (Å²) in [4.78, 5) is 0. The normalized spacial score (nSPS) is 11.5. The third kappa shape index (κ3) is 4.04. The average molecular weight is 239 g/mol. The van der Waals surface area contributed by atoms with Crippen LogP contribution in [-0.4, -0.2) is 30.0 Å². The summed E-state index contributed by atoms with van der Waals surface area (Å²) in [6, 6.07) is 0.374. The molecule has 0 aliphatic rings. The summed E-state index contributed by atoms with van der Waals surface area (Å²) in [6.07, 6.45) is 2.76. The highest BCUT2D eigenvalue weighted by atomic mass is 16.5. The van der Waals surface area contributed by atoms with Gasteiger partial charge in [-0.2, -0.15) is 5.10 Å². The highest BCUT2D eigenvalue weighted by Crippen LogP contribution is 2.21. The van der Waals surface area contributed by atoms with Gasteiger partial charge in [0.25, 0.3) is 0 Å². The SMILES string of the molecule is COc1cnn(C(C)C)c1CCNCC(C)C. The fourth-order valence-electron chi connectivity index (χ4n) is 1.82. The van der Waals surface area contributed by atoms with Gasteiger partial charge < -0.3 is 10.1 Å². The Morgan fingerprint density at radius 1 is 1.35 bits per heavy atom. The molecule has 98 valence electrons. The van der Waals surface area contributed by atoms with E-state index < -0.39 is 0 Å². The largest absolute Gasteiger partial charge is 0.493 e. The first kappa shape index (κ1) is 14.0. The van der Waals surface area contributed by atoms with Crippen LogP contribution >= 0.6 is 0 Å². The van der Waals surface area contributed by atoms with Gasteiger partial charge in [0.15, 0.2) is 5.75 Å². The van der Waals surface area contributed by atoms with Crippen molar-refractivity contribution in [2.45, 2.75) is 40.2 Å². The van der Waals surface area contributed by atoms with Crippen molar-refractivity contribution in [1.29, 1.82) is 0 Å². The van der Waals surface area contributed by atoms with Crippen molar-refractivity contribution in [3.63, 3.8) is 0 Å². The number of rotatable bonds is 7. The van der Waals surface area contributed by atoms with Crippen LogP contribution in [0.25, 0.3) is 0 Å². The van der Waals surface area contributed by atoms with Crippen molar-refractivity contribution in [1.82, 2.24) is 15.1 Å². The minimum absolute atomic E-state index is 0.374. The zero-order chi connectivity index (χ0) is 12.8. The Balaban J connectivity index is 2.58. The molecule has 4 heteroatoms. The maximum absolute atomic E-state index is 5.34. The molecule has 1 N–H and O–H groups in total. The lowest BCUT2D eigenvalue weighted by Gasteiger charge is -2.13.